The van der Waals surface area contributed by atoms with E-state index in [4.69, 9.17) is 0 Å². The van der Waals surface area contributed by atoms with E-state index >= 15 is 0 Å². The van der Waals surface area contributed by atoms with Gasteiger partial charge in [0.1, 0.15) is 0 Å². The summed E-state index contributed by atoms with van der Waals surface area (Å²) in [6, 6.07) is 0. The van der Waals surface area contributed by atoms with Gasteiger partial charge in [0.2, 0.25) is 10.0 Å². The molecule has 0 amide bonds. The van der Waals surface area contributed by atoms with Crippen molar-refractivity contribution >= 4 is 10.0 Å². The molecule has 2 rings (SSSR count). The molecular weight excluding hydrogens is 226 g/mol. The van der Waals surface area contributed by atoms with Crippen molar-refractivity contribution in [1.29, 1.82) is 0 Å². The van der Waals surface area contributed by atoms with Gasteiger partial charge in [-0.15, -0.1) is 0 Å². The van der Waals surface area contributed by atoms with Crippen LogP contribution in [0.4, 0.5) is 0 Å². The average Bonchev–Trinajstić information content (AvgIpc) is 2.81. The summed E-state index contributed by atoms with van der Waals surface area (Å²) in [5, 5.41) is 0. The van der Waals surface area contributed by atoms with Crippen molar-refractivity contribution in [2.24, 2.45) is 0 Å². The molecule has 0 spiro atoms. The third-order valence-electron chi connectivity index (χ3n) is 2.86. The summed E-state index contributed by atoms with van der Waals surface area (Å²) in [4.78, 5) is 4.21. The van der Waals surface area contributed by atoms with Crippen molar-refractivity contribution in [3.63, 3.8) is 0 Å². The van der Waals surface area contributed by atoms with E-state index in [1.165, 1.54) is 0 Å². The SMILES string of the molecule is CCc1cn(CCN2CCCS2(=O)=O)cn1. The van der Waals surface area contributed by atoms with Gasteiger partial charge in [-0.25, -0.2) is 17.7 Å². The zero-order valence-electron chi connectivity index (χ0n) is 9.46. The van der Waals surface area contributed by atoms with E-state index in [1.807, 2.05) is 10.8 Å². The van der Waals surface area contributed by atoms with Gasteiger partial charge in [-0.05, 0) is 12.8 Å². The summed E-state index contributed by atoms with van der Waals surface area (Å²) >= 11 is 0. The molecular formula is C10H17N3O2S. The molecule has 1 fully saturated rings. The number of imidazole rings is 1. The van der Waals surface area contributed by atoms with Gasteiger partial charge in [-0.2, -0.15) is 0 Å². The molecule has 1 saturated heterocycles. The minimum atomic E-state index is -2.96. The number of aromatic nitrogens is 2. The number of nitrogens with zero attached hydrogens (tertiary/aromatic N) is 3. The topological polar surface area (TPSA) is 55.2 Å². The Morgan fingerprint density at radius 2 is 2.25 bits per heavy atom. The molecule has 16 heavy (non-hydrogen) atoms. The number of sulfonamides is 1. The highest BCUT2D eigenvalue weighted by atomic mass is 32.2. The molecule has 0 aliphatic carbocycles. The summed E-state index contributed by atoms with van der Waals surface area (Å²) < 4.78 is 26.6. The van der Waals surface area contributed by atoms with Crippen LogP contribution in [-0.2, 0) is 23.0 Å². The van der Waals surface area contributed by atoms with Crippen LogP contribution >= 0.6 is 0 Å². The van der Waals surface area contributed by atoms with Crippen LogP contribution in [0.1, 0.15) is 19.0 Å². The first-order valence-corrected chi connectivity index (χ1v) is 7.21. The first kappa shape index (κ1) is 11.6. The second kappa shape index (κ2) is 4.55. The summed E-state index contributed by atoms with van der Waals surface area (Å²) in [5.74, 6) is 0.303. The second-order valence-electron chi connectivity index (χ2n) is 4.02. The average molecular weight is 243 g/mol. The van der Waals surface area contributed by atoms with Crippen LogP contribution in [0, 0.1) is 0 Å². The molecule has 0 atom stereocenters. The van der Waals surface area contributed by atoms with Crippen molar-refractivity contribution in [2.45, 2.75) is 26.3 Å². The molecule has 1 aliphatic rings. The highest BCUT2D eigenvalue weighted by molar-refractivity contribution is 7.89. The number of hydrogen-bond donors (Lipinski definition) is 0. The van der Waals surface area contributed by atoms with Gasteiger partial charge < -0.3 is 4.57 Å². The van der Waals surface area contributed by atoms with Crippen LogP contribution in [0.15, 0.2) is 12.5 Å². The van der Waals surface area contributed by atoms with E-state index in [1.54, 1.807) is 10.6 Å². The van der Waals surface area contributed by atoms with Crippen LogP contribution in [0.2, 0.25) is 0 Å². The predicted molar refractivity (Wildman–Crippen MR) is 61.6 cm³/mol. The summed E-state index contributed by atoms with van der Waals surface area (Å²) in [6.45, 7) is 3.96. The number of rotatable bonds is 4. The van der Waals surface area contributed by atoms with Gasteiger partial charge in [0, 0.05) is 25.8 Å². The Morgan fingerprint density at radius 1 is 1.44 bits per heavy atom. The van der Waals surface area contributed by atoms with Crippen LogP contribution in [0.25, 0.3) is 0 Å². The minimum absolute atomic E-state index is 0.303. The van der Waals surface area contributed by atoms with Crippen molar-refractivity contribution in [1.82, 2.24) is 13.9 Å². The molecule has 90 valence electrons. The first-order chi connectivity index (χ1) is 7.62. The zero-order valence-corrected chi connectivity index (χ0v) is 10.3. The maximum atomic E-state index is 11.5. The lowest BCUT2D eigenvalue weighted by Gasteiger charge is -2.13. The Bertz CT molecular complexity index is 452. The fraction of sp³-hybridized carbons (Fsp3) is 0.700. The van der Waals surface area contributed by atoms with Gasteiger partial charge in [0.15, 0.2) is 0 Å². The normalized spacial score (nSPS) is 20.3. The molecule has 0 aromatic carbocycles. The molecule has 0 unspecified atom stereocenters. The lowest BCUT2D eigenvalue weighted by Crippen LogP contribution is -2.29. The van der Waals surface area contributed by atoms with Crippen LogP contribution in [-0.4, -0.2) is 41.1 Å². The van der Waals surface area contributed by atoms with Crippen molar-refractivity contribution in [3.05, 3.63) is 18.2 Å². The Balaban J connectivity index is 1.92. The molecule has 5 nitrogen and oxygen atoms in total. The van der Waals surface area contributed by atoms with Crippen LogP contribution in [0.3, 0.4) is 0 Å². The summed E-state index contributed by atoms with van der Waals surface area (Å²) in [5.41, 5.74) is 1.05. The van der Waals surface area contributed by atoms with Gasteiger partial charge in [-0.3, -0.25) is 0 Å². The summed E-state index contributed by atoms with van der Waals surface area (Å²) in [7, 11) is -2.96. The monoisotopic (exact) mass is 243 g/mol. The van der Waals surface area contributed by atoms with E-state index in [0.717, 1.165) is 18.5 Å². The van der Waals surface area contributed by atoms with E-state index in [2.05, 4.69) is 11.9 Å². The second-order valence-corrected chi connectivity index (χ2v) is 6.11. The Hall–Kier alpha value is -0.880. The lowest BCUT2D eigenvalue weighted by atomic mass is 10.4. The van der Waals surface area contributed by atoms with Crippen LogP contribution < -0.4 is 0 Å². The Labute approximate surface area is 96.1 Å². The molecule has 0 N–H and O–H groups in total. The van der Waals surface area contributed by atoms with Gasteiger partial charge in [0.25, 0.3) is 0 Å². The van der Waals surface area contributed by atoms with Crippen LogP contribution in [0.5, 0.6) is 0 Å². The fourth-order valence-electron chi connectivity index (χ4n) is 1.88. The smallest absolute Gasteiger partial charge is 0.214 e. The third kappa shape index (κ3) is 2.44. The first-order valence-electron chi connectivity index (χ1n) is 5.60. The minimum Gasteiger partial charge on any atom is -0.336 e. The van der Waals surface area contributed by atoms with Gasteiger partial charge in [0.05, 0.1) is 17.8 Å². The van der Waals surface area contributed by atoms with Gasteiger partial charge in [-0.1, -0.05) is 6.92 Å². The standard InChI is InChI=1S/C10H17N3O2S/c1-2-10-8-12(9-11-10)5-6-13-4-3-7-16(13,14)15/h8-9H,2-7H2,1H3. The Kier molecular flexibility index (Phi) is 3.30. The predicted octanol–water partition coefficient (Wildman–Crippen LogP) is 0.481. The summed E-state index contributed by atoms with van der Waals surface area (Å²) in [6.07, 6.45) is 5.41. The molecule has 6 heteroatoms. The van der Waals surface area contributed by atoms with E-state index in [0.29, 0.717) is 25.4 Å². The number of hydrogen-bond acceptors (Lipinski definition) is 3. The van der Waals surface area contributed by atoms with Crippen molar-refractivity contribution in [3.8, 4) is 0 Å². The highest BCUT2D eigenvalue weighted by Gasteiger charge is 2.27. The fourth-order valence-corrected chi connectivity index (χ4v) is 3.40. The molecule has 0 bridgehead atoms. The maximum absolute atomic E-state index is 11.5. The van der Waals surface area contributed by atoms with E-state index < -0.39 is 10.0 Å². The lowest BCUT2D eigenvalue weighted by molar-refractivity contribution is 0.420. The molecule has 0 radical (unpaired) electrons. The highest BCUT2D eigenvalue weighted by Crippen LogP contribution is 2.12. The third-order valence-corrected chi connectivity index (χ3v) is 4.82. The van der Waals surface area contributed by atoms with Crippen molar-refractivity contribution in [2.75, 3.05) is 18.8 Å². The molecule has 1 aromatic rings. The largest absolute Gasteiger partial charge is 0.336 e. The van der Waals surface area contributed by atoms with Crippen molar-refractivity contribution < 1.29 is 8.42 Å². The quantitative estimate of drug-likeness (QED) is 0.773. The van der Waals surface area contributed by atoms with Gasteiger partial charge >= 0.3 is 0 Å². The molecule has 1 aromatic heterocycles. The maximum Gasteiger partial charge on any atom is 0.214 e. The van der Waals surface area contributed by atoms with E-state index in [-0.39, 0.29) is 0 Å². The zero-order chi connectivity index (χ0) is 11.6. The molecule has 1 aliphatic heterocycles. The van der Waals surface area contributed by atoms with E-state index in [9.17, 15) is 8.42 Å². The molecule has 2 heterocycles. The Morgan fingerprint density at radius 3 is 2.81 bits per heavy atom. The molecule has 0 saturated carbocycles. The number of aryl methyl sites for hydroxylation is 1.